The van der Waals surface area contributed by atoms with Crippen molar-refractivity contribution in [3.8, 4) is 11.5 Å². The fourth-order valence-electron chi connectivity index (χ4n) is 2.31. The minimum absolute atomic E-state index is 0.0554. The van der Waals surface area contributed by atoms with Crippen molar-refractivity contribution >= 4 is 17.7 Å². The van der Waals surface area contributed by atoms with E-state index in [1.807, 2.05) is 18.4 Å². The number of alkyl halides is 2. The largest absolute Gasteiger partial charge is 0.493 e. The molecule has 1 amide bonds. The molecule has 2 aromatic rings. The van der Waals surface area contributed by atoms with Gasteiger partial charge in [0.15, 0.2) is 11.5 Å². The Balaban J connectivity index is 2.13. The normalized spacial score (nSPS) is 10.6. The summed E-state index contributed by atoms with van der Waals surface area (Å²) in [7, 11) is 3.03. The highest BCUT2D eigenvalue weighted by molar-refractivity contribution is 7.98. The lowest BCUT2D eigenvalue weighted by molar-refractivity contribution is -0.0512. The molecular formula is C18H19F2NO3S. The van der Waals surface area contributed by atoms with Crippen molar-refractivity contribution in [3.63, 3.8) is 0 Å². The smallest absolute Gasteiger partial charge is 0.387 e. The lowest BCUT2D eigenvalue weighted by atomic mass is 10.1. The first-order valence-electron chi connectivity index (χ1n) is 7.46. The van der Waals surface area contributed by atoms with Gasteiger partial charge in [0.25, 0.3) is 5.91 Å². The molecule has 25 heavy (non-hydrogen) atoms. The summed E-state index contributed by atoms with van der Waals surface area (Å²) in [6.45, 7) is -2.69. The van der Waals surface area contributed by atoms with Crippen molar-refractivity contribution in [2.45, 2.75) is 18.1 Å². The van der Waals surface area contributed by atoms with Crippen LogP contribution in [0.1, 0.15) is 15.9 Å². The quantitative estimate of drug-likeness (QED) is 0.685. The maximum absolute atomic E-state index is 12.5. The maximum atomic E-state index is 12.5. The van der Waals surface area contributed by atoms with Crippen LogP contribution in [0, 0.1) is 0 Å². The van der Waals surface area contributed by atoms with Crippen LogP contribution in [-0.2, 0) is 6.54 Å². The number of benzene rings is 2. The monoisotopic (exact) mass is 367 g/mol. The Labute approximate surface area is 149 Å². The van der Waals surface area contributed by atoms with Gasteiger partial charge < -0.3 is 14.4 Å². The van der Waals surface area contributed by atoms with Gasteiger partial charge in [-0.1, -0.05) is 6.07 Å². The predicted octanol–water partition coefficient (Wildman–Crippen LogP) is 4.29. The van der Waals surface area contributed by atoms with E-state index in [2.05, 4.69) is 4.74 Å². The SMILES string of the molecule is COc1ccc(CN(C)C(=O)c2ccc(SC)cc2)cc1OC(F)F. The van der Waals surface area contributed by atoms with E-state index in [-0.39, 0.29) is 24.0 Å². The number of carbonyl (C=O) groups is 1. The topological polar surface area (TPSA) is 38.8 Å². The van der Waals surface area contributed by atoms with Crippen LogP contribution in [0.4, 0.5) is 8.78 Å². The second-order valence-corrected chi connectivity index (χ2v) is 6.13. The van der Waals surface area contributed by atoms with Crippen LogP contribution in [0.5, 0.6) is 11.5 Å². The number of nitrogens with zero attached hydrogens (tertiary/aromatic N) is 1. The van der Waals surface area contributed by atoms with Gasteiger partial charge in [-0.2, -0.15) is 8.78 Å². The Morgan fingerprint density at radius 1 is 1.16 bits per heavy atom. The molecule has 0 heterocycles. The highest BCUT2D eigenvalue weighted by Gasteiger charge is 2.15. The number of halogens is 2. The number of ether oxygens (including phenoxy) is 2. The minimum atomic E-state index is -2.95. The number of carbonyl (C=O) groups excluding carboxylic acids is 1. The Morgan fingerprint density at radius 2 is 1.84 bits per heavy atom. The maximum Gasteiger partial charge on any atom is 0.387 e. The van der Waals surface area contributed by atoms with E-state index in [1.165, 1.54) is 18.1 Å². The standard InChI is InChI=1S/C18H19F2NO3S/c1-21(17(22)13-5-7-14(25-3)8-6-13)11-12-4-9-15(23-2)16(10-12)24-18(19)20/h4-10,18H,11H2,1-3H3. The molecule has 0 bridgehead atoms. The fraction of sp³-hybridized carbons (Fsp3) is 0.278. The molecule has 0 radical (unpaired) electrons. The highest BCUT2D eigenvalue weighted by atomic mass is 32.2. The van der Waals surface area contributed by atoms with Gasteiger partial charge in [0.05, 0.1) is 7.11 Å². The lowest BCUT2D eigenvalue weighted by Crippen LogP contribution is -2.26. The van der Waals surface area contributed by atoms with E-state index in [1.54, 1.807) is 43.1 Å². The summed E-state index contributed by atoms with van der Waals surface area (Å²) >= 11 is 1.60. The van der Waals surface area contributed by atoms with Crippen LogP contribution in [0.15, 0.2) is 47.4 Å². The Bertz CT molecular complexity index is 723. The first-order valence-corrected chi connectivity index (χ1v) is 8.68. The molecule has 0 atom stereocenters. The summed E-state index contributed by atoms with van der Waals surface area (Å²) in [5, 5.41) is 0. The lowest BCUT2D eigenvalue weighted by Gasteiger charge is -2.19. The molecule has 2 rings (SSSR count). The van der Waals surface area contributed by atoms with Gasteiger partial charge in [0.2, 0.25) is 0 Å². The molecule has 0 aromatic heterocycles. The van der Waals surface area contributed by atoms with E-state index in [0.717, 1.165) is 4.90 Å². The molecule has 0 N–H and O–H groups in total. The van der Waals surface area contributed by atoms with Crippen molar-refractivity contribution in [1.82, 2.24) is 4.90 Å². The van der Waals surface area contributed by atoms with Gasteiger partial charge in [-0.15, -0.1) is 11.8 Å². The molecule has 0 fully saturated rings. The third kappa shape index (κ3) is 5.09. The average Bonchev–Trinajstić information content (AvgIpc) is 2.61. The zero-order valence-corrected chi connectivity index (χ0v) is 15.0. The third-order valence-electron chi connectivity index (χ3n) is 3.55. The van der Waals surface area contributed by atoms with Gasteiger partial charge in [0.1, 0.15) is 0 Å². The van der Waals surface area contributed by atoms with Gasteiger partial charge in [-0.05, 0) is 48.2 Å². The third-order valence-corrected chi connectivity index (χ3v) is 4.29. The highest BCUT2D eigenvalue weighted by Crippen LogP contribution is 2.30. The van der Waals surface area contributed by atoms with Crippen molar-refractivity contribution in [1.29, 1.82) is 0 Å². The molecule has 0 saturated heterocycles. The summed E-state index contributed by atoms with van der Waals surface area (Å²) in [6.07, 6.45) is 1.96. The molecule has 0 saturated carbocycles. The van der Waals surface area contributed by atoms with Crippen molar-refractivity contribution < 1.29 is 23.0 Å². The summed E-state index contributed by atoms with van der Waals surface area (Å²) in [4.78, 5) is 15.1. The van der Waals surface area contributed by atoms with Crippen molar-refractivity contribution in [3.05, 3.63) is 53.6 Å². The van der Waals surface area contributed by atoms with Crippen LogP contribution < -0.4 is 9.47 Å². The first-order chi connectivity index (χ1) is 11.9. The molecule has 0 aliphatic heterocycles. The number of hydrogen-bond donors (Lipinski definition) is 0. The zero-order valence-electron chi connectivity index (χ0n) is 14.2. The van der Waals surface area contributed by atoms with E-state index in [4.69, 9.17) is 4.74 Å². The van der Waals surface area contributed by atoms with E-state index in [9.17, 15) is 13.6 Å². The second-order valence-electron chi connectivity index (χ2n) is 5.25. The van der Waals surface area contributed by atoms with Crippen LogP contribution in [0.2, 0.25) is 0 Å². The number of amides is 1. The van der Waals surface area contributed by atoms with E-state index >= 15 is 0 Å². The number of rotatable bonds is 7. The van der Waals surface area contributed by atoms with Crippen LogP contribution in [0.3, 0.4) is 0 Å². The number of thioether (sulfide) groups is 1. The number of methoxy groups -OCH3 is 1. The summed E-state index contributed by atoms with van der Waals surface area (Å²) in [5.74, 6) is 0.00524. The molecule has 7 heteroatoms. The molecule has 0 aliphatic rings. The Hall–Kier alpha value is -2.28. The van der Waals surface area contributed by atoms with Crippen LogP contribution in [-0.4, -0.2) is 37.8 Å². The van der Waals surface area contributed by atoms with Gasteiger partial charge in [-0.3, -0.25) is 4.79 Å². The van der Waals surface area contributed by atoms with Crippen LogP contribution >= 0.6 is 11.8 Å². The summed E-state index contributed by atoms with van der Waals surface area (Å²) < 4.78 is 34.5. The molecule has 0 aliphatic carbocycles. The molecule has 4 nitrogen and oxygen atoms in total. The molecule has 134 valence electrons. The van der Waals surface area contributed by atoms with Crippen molar-refractivity contribution in [2.24, 2.45) is 0 Å². The Morgan fingerprint density at radius 3 is 2.40 bits per heavy atom. The van der Waals surface area contributed by atoms with Crippen LogP contribution in [0.25, 0.3) is 0 Å². The minimum Gasteiger partial charge on any atom is -0.493 e. The molecular weight excluding hydrogens is 348 g/mol. The van der Waals surface area contributed by atoms with Crippen molar-refractivity contribution in [2.75, 3.05) is 20.4 Å². The molecule has 0 unspecified atom stereocenters. The van der Waals surface area contributed by atoms with Gasteiger partial charge >= 0.3 is 6.61 Å². The van der Waals surface area contributed by atoms with Gasteiger partial charge in [0, 0.05) is 24.1 Å². The van der Waals surface area contributed by atoms with E-state index in [0.29, 0.717) is 11.1 Å². The van der Waals surface area contributed by atoms with Gasteiger partial charge in [-0.25, -0.2) is 0 Å². The molecule has 0 spiro atoms. The predicted molar refractivity (Wildman–Crippen MR) is 93.6 cm³/mol. The fourth-order valence-corrected chi connectivity index (χ4v) is 2.72. The summed E-state index contributed by atoms with van der Waals surface area (Å²) in [6, 6.07) is 12.0. The second kappa shape index (κ2) is 8.71. The first kappa shape index (κ1) is 19.1. The summed E-state index contributed by atoms with van der Waals surface area (Å²) in [5.41, 5.74) is 1.23. The van der Waals surface area contributed by atoms with E-state index < -0.39 is 6.61 Å². The Kier molecular flexibility index (Phi) is 6.64. The zero-order chi connectivity index (χ0) is 18.4. The molecule has 2 aromatic carbocycles. The number of hydrogen-bond acceptors (Lipinski definition) is 4. The average molecular weight is 367 g/mol.